The zero-order chi connectivity index (χ0) is 18.0. The minimum absolute atomic E-state index is 0.184. The van der Waals surface area contributed by atoms with Gasteiger partial charge >= 0.3 is 0 Å². The molecule has 5 nitrogen and oxygen atoms in total. The molecule has 3 aromatic rings. The first kappa shape index (κ1) is 16.9. The number of rotatable bonds is 4. The first-order valence-corrected chi connectivity index (χ1v) is 8.42. The highest BCUT2D eigenvalue weighted by Gasteiger charge is 2.16. The molecule has 1 aromatic heterocycles. The summed E-state index contributed by atoms with van der Waals surface area (Å²) in [7, 11) is 0. The molecule has 1 N–H and O–H groups in total. The summed E-state index contributed by atoms with van der Waals surface area (Å²) in [6.45, 7) is 6.48. The van der Waals surface area contributed by atoms with Gasteiger partial charge in [0.25, 0.3) is 11.5 Å². The number of nitrogens with zero attached hydrogens (tertiary/aromatic N) is 2. The summed E-state index contributed by atoms with van der Waals surface area (Å²) in [4.78, 5) is 25.1. The summed E-state index contributed by atoms with van der Waals surface area (Å²) in [6.07, 6.45) is 0. The van der Waals surface area contributed by atoms with Crippen molar-refractivity contribution in [2.75, 3.05) is 5.32 Å². The van der Waals surface area contributed by atoms with Crippen molar-refractivity contribution in [3.05, 3.63) is 70.1 Å². The number of nitrogens with one attached hydrogen (secondary N) is 1. The average molecular weight is 335 g/mol. The maximum atomic E-state index is 12.7. The molecule has 0 radical (unpaired) electrons. The molecule has 0 spiro atoms. The van der Waals surface area contributed by atoms with Gasteiger partial charge in [0.1, 0.15) is 0 Å². The molecule has 0 aliphatic rings. The molecule has 0 aliphatic heterocycles. The third-order valence-corrected chi connectivity index (χ3v) is 4.22. The lowest BCUT2D eigenvalue weighted by atomic mass is 10.0. The van der Waals surface area contributed by atoms with Gasteiger partial charge in [0.15, 0.2) is 5.69 Å². The van der Waals surface area contributed by atoms with Crippen LogP contribution in [0.1, 0.15) is 42.7 Å². The van der Waals surface area contributed by atoms with Crippen LogP contribution in [0.15, 0.2) is 53.3 Å². The third-order valence-electron chi connectivity index (χ3n) is 4.22. The number of aromatic nitrogens is 2. The molecule has 0 bridgehead atoms. The van der Waals surface area contributed by atoms with Crippen molar-refractivity contribution in [2.45, 2.75) is 33.2 Å². The highest BCUT2D eigenvalue weighted by Crippen LogP contribution is 2.19. The van der Waals surface area contributed by atoms with Crippen LogP contribution in [0.25, 0.3) is 10.8 Å². The maximum Gasteiger partial charge on any atom is 0.276 e. The normalized spacial score (nSPS) is 11.0. The van der Waals surface area contributed by atoms with Gasteiger partial charge in [-0.1, -0.05) is 44.2 Å². The Hall–Kier alpha value is -2.95. The second-order valence-electron chi connectivity index (χ2n) is 6.25. The van der Waals surface area contributed by atoms with Crippen LogP contribution in [0, 0.1) is 0 Å². The number of benzene rings is 2. The van der Waals surface area contributed by atoms with E-state index >= 15 is 0 Å². The Morgan fingerprint density at radius 2 is 1.72 bits per heavy atom. The average Bonchev–Trinajstić information content (AvgIpc) is 2.62. The summed E-state index contributed by atoms with van der Waals surface area (Å²) >= 11 is 0. The Morgan fingerprint density at radius 3 is 2.32 bits per heavy atom. The SMILES string of the molecule is CCn1nc(C(=O)Nc2ccc(C(C)C)cc2)c2ccccc2c1=O. The maximum absolute atomic E-state index is 12.7. The van der Waals surface area contributed by atoms with Crippen LogP contribution in [-0.4, -0.2) is 15.7 Å². The molecule has 0 fully saturated rings. The molecule has 3 rings (SSSR count). The fourth-order valence-electron chi connectivity index (χ4n) is 2.76. The van der Waals surface area contributed by atoms with E-state index in [1.807, 2.05) is 31.2 Å². The zero-order valence-corrected chi connectivity index (χ0v) is 14.6. The standard InChI is InChI=1S/C20H21N3O2/c1-4-23-20(25)17-8-6-5-7-16(17)18(22-23)19(24)21-15-11-9-14(10-12-15)13(2)3/h5-13H,4H2,1-3H3,(H,21,24). The van der Waals surface area contributed by atoms with Crippen molar-refractivity contribution in [3.8, 4) is 0 Å². The molecule has 25 heavy (non-hydrogen) atoms. The van der Waals surface area contributed by atoms with E-state index in [0.29, 0.717) is 28.9 Å². The largest absolute Gasteiger partial charge is 0.321 e. The van der Waals surface area contributed by atoms with E-state index in [1.165, 1.54) is 10.2 Å². The lowest BCUT2D eigenvalue weighted by Crippen LogP contribution is -2.27. The van der Waals surface area contributed by atoms with Gasteiger partial charge < -0.3 is 5.32 Å². The number of anilines is 1. The van der Waals surface area contributed by atoms with E-state index in [4.69, 9.17) is 0 Å². The summed E-state index contributed by atoms with van der Waals surface area (Å²) < 4.78 is 1.32. The van der Waals surface area contributed by atoms with Crippen LogP contribution in [0.5, 0.6) is 0 Å². The number of carbonyl (C=O) groups is 1. The lowest BCUT2D eigenvalue weighted by molar-refractivity contribution is 0.102. The smallest absolute Gasteiger partial charge is 0.276 e. The lowest BCUT2D eigenvalue weighted by Gasteiger charge is -2.11. The van der Waals surface area contributed by atoms with Gasteiger partial charge in [-0.05, 0) is 36.6 Å². The molecule has 1 amide bonds. The number of hydrogen-bond donors (Lipinski definition) is 1. The number of hydrogen-bond acceptors (Lipinski definition) is 3. The zero-order valence-electron chi connectivity index (χ0n) is 14.6. The minimum atomic E-state index is -0.323. The van der Waals surface area contributed by atoms with Crippen LogP contribution >= 0.6 is 0 Å². The Balaban J connectivity index is 1.99. The van der Waals surface area contributed by atoms with E-state index in [9.17, 15) is 9.59 Å². The third kappa shape index (κ3) is 3.31. The van der Waals surface area contributed by atoms with Crippen molar-refractivity contribution in [3.63, 3.8) is 0 Å². The predicted octanol–water partition coefficient (Wildman–Crippen LogP) is 3.79. The van der Waals surface area contributed by atoms with Crippen LogP contribution in [0.4, 0.5) is 5.69 Å². The van der Waals surface area contributed by atoms with E-state index in [0.717, 1.165) is 0 Å². The van der Waals surface area contributed by atoms with Crippen LogP contribution in [0.2, 0.25) is 0 Å². The van der Waals surface area contributed by atoms with E-state index < -0.39 is 0 Å². The second kappa shape index (κ2) is 6.89. The van der Waals surface area contributed by atoms with Gasteiger partial charge in [-0.15, -0.1) is 0 Å². The van der Waals surface area contributed by atoms with Gasteiger partial charge in [0, 0.05) is 17.6 Å². The van der Waals surface area contributed by atoms with Gasteiger partial charge in [0.05, 0.1) is 5.39 Å². The summed E-state index contributed by atoms with van der Waals surface area (Å²) in [5.41, 5.74) is 1.98. The Morgan fingerprint density at radius 1 is 1.08 bits per heavy atom. The summed E-state index contributed by atoms with van der Waals surface area (Å²) in [6, 6.07) is 14.8. The van der Waals surface area contributed by atoms with Crippen molar-refractivity contribution in [2.24, 2.45) is 0 Å². The van der Waals surface area contributed by atoms with Crippen LogP contribution in [0.3, 0.4) is 0 Å². The van der Waals surface area contributed by atoms with E-state index in [-0.39, 0.29) is 17.2 Å². The van der Waals surface area contributed by atoms with Crippen molar-refractivity contribution in [1.82, 2.24) is 9.78 Å². The van der Waals surface area contributed by atoms with Gasteiger partial charge in [-0.3, -0.25) is 9.59 Å². The second-order valence-corrected chi connectivity index (χ2v) is 6.25. The number of aryl methyl sites for hydroxylation is 1. The fourth-order valence-corrected chi connectivity index (χ4v) is 2.76. The summed E-state index contributed by atoms with van der Waals surface area (Å²) in [5, 5.41) is 8.19. The number of amides is 1. The Kier molecular flexibility index (Phi) is 4.65. The van der Waals surface area contributed by atoms with Crippen LogP contribution in [-0.2, 0) is 6.54 Å². The van der Waals surface area contributed by atoms with Crippen molar-refractivity contribution in [1.29, 1.82) is 0 Å². The highest BCUT2D eigenvalue weighted by atomic mass is 16.2. The Bertz CT molecular complexity index is 972. The van der Waals surface area contributed by atoms with E-state index in [2.05, 4.69) is 24.3 Å². The van der Waals surface area contributed by atoms with Gasteiger partial charge in [0.2, 0.25) is 0 Å². The highest BCUT2D eigenvalue weighted by molar-refractivity contribution is 6.11. The molecule has 0 unspecified atom stereocenters. The molecule has 2 aromatic carbocycles. The molecular formula is C20H21N3O2. The molecule has 1 heterocycles. The molecule has 128 valence electrons. The van der Waals surface area contributed by atoms with Gasteiger partial charge in [-0.2, -0.15) is 5.10 Å². The quantitative estimate of drug-likeness (QED) is 0.789. The predicted molar refractivity (Wildman–Crippen MR) is 100 cm³/mol. The molecule has 0 aliphatic carbocycles. The number of carbonyl (C=O) groups excluding carboxylic acids is 1. The molecule has 0 saturated carbocycles. The number of fused-ring (bicyclic) bond motifs is 1. The first-order valence-electron chi connectivity index (χ1n) is 8.42. The van der Waals surface area contributed by atoms with Crippen LogP contribution < -0.4 is 10.9 Å². The molecular weight excluding hydrogens is 314 g/mol. The van der Waals surface area contributed by atoms with Crippen molar-refractivity contribution < 1.29 is 4.79 Å². The molecule has 5 heteroatoms. The molecule has 0 atom stereocenters. The van der Waals surface area contributed by atoms with Crippen molar-refractivity contribution >= 4 is 22.4 Å². The topological polar surface area (TPSA) is 64.0 Å². The van der Waals surface area contributed by atoms with E-state index in [1.54, 1.807) is 24.3 Å². The fraction of sp³-hybridized carbons (Fsp3) is 0.250. The minimum Gasteiger partial charge on any atom is -0.321 e. The monoisotopic (exact) mass is 335 g/mol. The van der Waals surface area contributed by atoms with Gasteiger partial charge in [-0.25, -0.2) is 4.68 Å². The Labute approximate surface area is 146 Å². The summed E-state index contributed by atoms with van der Waals surface area (Å²) in [5.74, 6) is 0.110. The molecule has 0 saturated heterocycles. The first-order chi connectivity index (χ1) is 12.0.